The van der Waals surface area contributed by atoms with E-state index in [1.165, 1.54) is 12.1 Å². The van der Waals surface area contributed by atoms with E-state index in [4.69, 9.17) is 10.8 Å². The molecule has 1 amide bonds. The molecular weight excluding hydrogens is 180 g/mol. The average molecular weight is 194 g/mol. The molecule has 0 aliphatic carbocycles. The molecule has 4 nitrogen and oxygen atoms in total. The van der Waals surface area contributed by atoms with Gasteiger partial charge in [-0.1, -0.05) is 6.07 Å². The minimum atomic E-state index is -0.224. The van der Waals surface area contributed by atoms with Crippen LogP contribution in [-0.2, 0) is 0 Å². The Morgan fingerprint density at radius 1 is 1.64 bits per heavy atom. The Morgan fingerprint density at radius 2 is 2.36 bits per heavy atom. The van der Waals surface area contributed by atoms with Crippen LogP contribution in [0.1, 0.15) is 17.3 Å². The zero-order valence-corrected chi connectivity index (χ0v) is 8.03. The first-order valence-electron chi connectivity index (χ1n) is 4.42. The van der Waals surface area contributed by atoms with Crippen LogP contribution in [0.2, 0.25) is 0 Å². The molecule has 0 aliphatic heterocycles. The van der Waals surface area contributed by atoms with Crippen LogP contribution in [0.5, 0.6) is 5.75 Å². The highest BCUT2D eigenvalue weighted by Gasteiger charge is 2.05. The zero-order valence-electron chi connectivity index (χ0n) is 8.03. The molecule has 0 bridgehead atoms. The Balaban J connectivity index is 2.61. The summed E-state index contributed by atoms with van der Waals surface area (Å²) in [4.78, 5) is 11.4. The van der Waals surface area contributed by atoms with Crippen LogP contribution >= 0.6 is 0 Å². The molecular formula is C10H14N2O2. The SMILES string of the molecule is CC(N)CNC(=O)c1cccc(O)c1. The van der Waals surface area contributed by atoms with Gasteiger partial charge in [0, 0.05) is 18.2 Å². The average Bonchev–Trinajstić information content (AvgIpc) is 2.14. The molecule has 4 N–H and O–H groups in total. The van der Waals surface area contributed by atoms with Crippen molar-refractivity contribution in [1.29, 1.82) is 0 Å². The molecule has 0 heterocycles. The monoisotopic (exact) mass is 194 g/mol. The summed E-state index contributed by atoms with van der Waals surface area (Å²) in [5.74, 6) is -0.142. The maximum Gasteiger partial charge on any atom is 0.251 e. The van der Waals surface area contributed by atoms with E-state index in [0.29, 0.717) is 12.1 Å². The van der Waals surface area contributed by atoms with Crippen molar-refractivity contribution in [3.05, 3.63) is 29.8 Å². The molecule has 1 atom stereocenters. The van der Waals surface area contributed by atoms with Crippen LogP contribution in [0, 0.1) is 0 Å². The predicted octanol–water partition coefficient (Wildman–Crippen LogP) is 0.469. The summed E-state index contributed by atoms with van der Waals surface area (Å²) in [7, 11) is 0. The topological polar surface area (TPSA) is 75.3 Å². The van der Waals surface area contributed by atoms with E-state index in [0.717, 1.165) is 0 Å². The summed E-state index contributed by atoms with van der Waals surface area (Å²) >= 11 is 0. The third kappa shape index (κ3) is 3.06. The smallest absolute Gasteiger partial charge is 0.251 e. The number of phenolic OH excluding ortho intramolecular Hbond substituents is 1. The number of carbonyl (C=O) groups is 1. The van der Waals surface area contributed by atoms with E-state index in [2.05, 4.69) is 5.32 Å². The number of hydrogen-bond donors (Lipinski definition) is 3. The molecule has 76 valence electrons. The lowest BCUT2D eigenvalue weighted by molar-refractivity contribution is 0.0951. The predicted molar refractivity (Wildman–Crippen MR) is 54.1 cm³/mol. The van der Waals surface area contributed by atoms with Gasteiger partial charge in [-0.3, -0.25) is 4.79 Å². The number of nitrogens with two attached hydrogens (primary N) is 1. The highest BCUT2D eigenvalue weighted by atomic mass is 16.3. The molecule has 0 radical (unpaired) electrons. The third-order valence-electron chi connectivity index (χ3n) is 1.69. The molecule has 0 fully saturated rings. The van der Waals surface area contributed by atoms with Crippen molar-refractivity contribution in [3.63, 3.8) is 0 Å². The number of hydrogen-bond acceptors (Lipinski definition) is 3. The number of benzene rings is 1. The Bertz CT molecular complexity index is 324. The first-order chi connectivity index (χ1) is 6.59. The van der Waals surface area contributed by atoms with Crippen molar-refractivity contribution in [3.8, 4) is 5.75 Å². The second-order valence-corrected chi connectivity index (χ2v) is 3.24. The van der Waals surface area contributed by atoms with E-state index in [1.54, 1.807) is 12.1 Å². The molecule has 1 aromatic carbocycles. The second kappa shape index (κ2) is 4.62. The summed E-state index contributed by atoms with van der Waals surface area (Å²) in [6, 6.07) is 6.11. The van der Waals surface area contributed by atoms with Gasteiger partial charge in [-0.05, 0) is 25.1 Å². The summed E-state index contributed by atoms with van der Waals surface area (Å²) in [6.07, 6.45) is 0. The van der Waals surface area contributed by atoms with Crippen LogP contribution in [0.4, 0.5) is 0 Å². The minimum absolute atomic E-state index is 0.0729. The maximum absolute atomic E-state index is 11.4. The lowest BCUT2D eigenvalue weighted by atomic mass is 10.2. The van der Waals surface area contributed by atoms with Crippen molar-refractivity contribution >= 4 is 5.91 Å². The van der Waals surface area contributed by atoms with Crippen molar-refractivity contribution < 1.29 is 9.90 Å². The van der Waals surface area contributed by atoms with E-state index >= 15 is 0 Å². The van der Waals surface area contributed by atoms with Gasteiger partial charge in [-0.15, -0.1) is 0 Å². The van der Waals surface area contributed by atoms with Crippen molar-refractivity contribution in [2.45, 2.75) is 13.0 Å². The molecule has 0 aliphatic rings. The molecule has 4 heteroatoms. The Kier molecular flexibility index (Phi) is 3.48. The number of phenols is 1. The Morgan fingerprint density at radius 3 is 2.93 bits per heavy atom. The molecule has 0 saturated carbocycles. The van der Waals surface area contributed by atoms with Crippen LogP contribution < -0.4 is 11.1 Å². The third-order valence-corrected chi connectivity index (χ3v) is 1.69. The standard InChI is InChI=1S/C10H14N2O2/c1-7(11)6-12-10(14)8-3-2-4-9(13)5-8/h2-5,7,13H,6,11H2,1H3,(H,12,14). The largest absolute Gasteiger partial charge is 0.508 e. The van der Waals surface area contributed by atoms with Gasteiger partial charge in [0.2, 0.25) is 0 Å². The van der Waals surface area contributed by atoms with E-state index in [-0.39, 0.29) is 17.7 Å². The minimum Gasteiger partial charge on any atom is -0.508 e. The molecule has 0 aromatic heterocycles. The zero-order chi connectivity index (χ0) is 10.6. The lowest BCUT2D eigenvalue weighted by Crippen LogP contribution is -2.35. The van der Waals surface area contributed by atoms with Gasteiger partial charge in [0.05, 0.1) is 0 Å². The van der Waals surface area contributed by atoms with E-state index in [9.17, 15) is 4.79 Å². The molecule has 0 spiro atoms. The highest BCUT2D eigenvalue weighted by Crippen LogP contribution is 2.10. The van der Waals surface area contributed by atoms with Crippen molar-refractivity contribution in [2.75, 3.05) is 6.54 Å². The molecule has 0 saturated heterocycles. The van der Waals surface area contributed by atoms with Crippen molar-refractivity contribution in [1.82, 2.24) is 5.32 Å². The summed E-state index contributed by atoms with van der Waals surface area (Å²) in [5.41, 5.74) is 5.92. The van der Waals surface area contributed by atoms with Crippen LogP contribution in [0.15, 0.2) is 24.3 Å². The fraction of sp³-hybridized carbons (Fsp3) is 0.300. The van der Waals surface area contributed by atoms with Gasteiger partial charge in [0.25, 0.3) is 5.91 Å². The summed E-state index contributed by atoms with van der Waals surface area (Å²) in [6.45, 7) is 2.23. The molecule has 1 rings (SSSR count). The summed E-state index contributed by atoms with van der Waals surface area (Å²) in [5, 5.41) is 11.8. The molecule has 14 heavy (non-hydrogen) atoms. The van der Waals surface area contributed by atoms with Gasteiger partial charge in [0.15, 0.2) is 0 Å². The maximum atomic E-state index is 11.4. The van der Waals surface area contributed by atoms with Crippen LogP contribution in [0.3, 0.4) is 0 Å². The first kappa shape index (κ1) is 10.5. The quantitative estimate of drug-likeness (QED) is 0.654. The Labute approximate surface area is 82.7 Å². The molecule has 1 unspecified atom stereocenters. The number of nitrogens with one attached hydrogen (secondary N) is 1. The fourth-order valence-corrected chi connectivity index (χ4v) is 1.00. The van der Waals surface area contributed by atoms with Crippen molar-refractivity contribution in [2.24, 2.45) is 5.73 Å². The fourth-order valence-electron chi connectivity index (χ4n) is 1.00. The highest BCUT2D eigenvalue weighted by molar-refractivity contribution is 5.94. The second-order valence-electron chi connectivity index (χ2n) is 3.24. The van der Waals surface area contributed by atoms with Crippen LogP contribution in [-0.4, -0.2) is 23.6 Å². The number of amides is 1. The first-order valence-corrected chi connectivity index (χ1v) is 4.42. The number of carbonyl (C=O) groups excluding carboxylic acids is 1. The number of aromatic hydroxyl groups is 1. The van der Waals surface area contributed by atoms with Gasteiger partial charge in [-0.25, -0.2) is 0 Å². The van der Waals surface area contributed by atoms with Gasteiger partial charge in [0.1, 0.15) is 5.75 Å². The number of rotatable bonds is 3. The summed E-state index contributed by atoms with van der Waals surface area (Å²) < 4.78 is 0. The van der Waals surface area contributed by atoms with Gasteiger partial charge in [-0.2, -0.15) is 0 Å². The van der Waals surface area contributed by atoms with Gasteiger partial charge < -0.3 is 16.2 Å². The van der Waals surface area contributed by atoms with Crippen LogP contribution in [0.25, 0.3) is 0 Å². The molecule has 1 aromatic rings. The van der Waals surface area contributed by atoms with Gasteiger partial charge >= 0.3 is 0 Å². The van der Waals surface area contributed by atoms with E-state index < -0.39 is 0 Å². The normalized spacial score (nSPS) is 12.1. The van der Waals surface area contributed by atoms with E-state index in [1.807, 2.05) is 6.92 Å². The Hall–Kier alpha value is -1.55. The lowest BCUT2D eigenvalue weighted by Gasteiger charge is -2.07.